The molecule has 0 spiro atoms. The van der Waals surface area contributed by atoms with Gasteiger partial charge in [-0.05, 0) is 55.0 Å². The van der Waals surface area contributed by atoms with Crippen LogP contribution in [0.5, 0.6) is 5.75 Å². The van der Waals surface area contributed by atoms with Gasteiger partial charge in [0.2, 0.25) is 0 Å². The molecule has 0 unspecified atom stereocenters. The highest BCUT2D eigenvalue weighted by molar-refractivity contribution is 5.94. The molecule has 150 valence electrons. The summed E-state index contributed by atoms with van der Waals surface area (Å²) in [4.78, 5) is 18.8. The summed E-state index contributed by atoms with van der Waals surface area (Å²) in [5.41, 5.74) is 6.15. The first-order valence-corrected chi connectivity index (χ1v) is 10.1. The van der Waals surface area contributed by atoms with Crippen LogP contribution in [0.25, 0.3) is 11.1 Å². The largest absolute Gasteiger partial charge is 0.494 e. The molecule has 1 amide bonds. The summed E-state index contributed by atoms with van der Waals surface area (Å²) in [5.74, 6) is 0.700. The van der Waals surface area contributed by atoms with Crippen LogP contribution >= 0.6 is 0 Å². The molecular formula is C23H26N4O2. The minimum atomic E-state index is -0.0105. The van der Waals surface area contributed by atoms with Crippen LogP contribution in [0, 0.1) is 0 Å². The molecule has 0 radical (unpaired) electrons. The monoisotopic (exact) mass is 390 g/mol. The van der Waals surface area contributed by atoms with E-state index in [1.807, 2.05) is 37.4 Å². The third kappa shape index (κ3) is 4.01. The van der Waals surface area contributed by atoms with Gasteiger partial charge in [0.05, 0.1) is 25.5 Å². The molecule has 1 aromatic carbocycles. The van der Waals surface area contributed by atoms with Crippen molar-refractivity contribution in [3.8, 4) is 16.9 Å². The van der Waals surface area contributed by atoms with Crippen LogP contribution in [0.15, 0.2) is 42.7 Å². The van der Waals surface area contributed by atoms with Crippen LogP contribution in [0.2, 0.25) is 0 Å². The minimum Gasteiger partial charge on any atom is -0.494 e. The smallest absolute Gasteiger partial charge is 0.253 e. The van der Waals surface area contributed by atoms with Crippen LogP contribution in [-0.4, -0.2) is 40.1 Å². The van der Waals surface area contributed by atoms with Crippen LogP contribution in [0.4, 0.5) is 0 Å². The van der Waals surface area contributed by atoms with Gasteiger partial charge in [0, 0.05) is 30.1 Å². The molecule has 0 atom stereocenters. The number of aromatic amines is 1. The zero-order chi connectivity index (χ0) is 20.2. The van der Waals surface area contributed by atoms with E-state index in [1.54, 1.807) is 24.4 Å². The second kappa shape index (κ2) is 8.47. The summed E-state index contributed by atoms with van der Waals surface area (Å²) >= 11 is 0. The maximum atomic E-state index is 12.9. The number of hydrogen-bond acceptors (Lipinski definition) is 4. The number of carbonyl (C=O) groups excluding carboxylic acids is 1. The zero-order valence-corrected chi connectivity index (χ0v) is 16.9. The molecule has 2 heterocycles. The number of pyridine rings is 1. The SMILES string of the molecule is COc1cnccc1-c1ccc(C(=O)N(C)Cc2n[nH]c3c2CCCCC3)cc1. The Balaban J connectivity index is 1.49. The Hall–Kier alpha value is -3.15. The van der Waals surface area contributed by atoms with E-state index in [4.69, 9.17) is 4.74 Å². The topological polar surface area (TPSA) is 71.1 Å². The lowest BCUT2D eigenvalue weighted by atomic mass is 10.0. The molecule has 0 fully saturated rings. The highest BCUT2D eigenvalue weighted by Gasteiger charge is 2.19. The average molecular weight is 390 g/mol. The van der Waals surface area contributed by atoms with E-state index in [0.717, 1.165) is 29.7 Å². The molecule has 4 rings (SSSR count). The quantitative estimate of drug-likeness (QED) is 0.668. The predicted molar refractivity (Wildman–Crippen MR) is 112 cm³/mol. The van der Waals surface area contributed by atoms with Crippen molar-refractivity contribution in [2.75, 3.05) is 14.2 Å². The van der Waals surface area contributed by atoms with E-state index >= 15 is 0 Å². The molecule has 3 aromatic rings. The number of aromatic nitrogens is 3. The summed E-state index contributed by atoms with van der Waals surface area (Å²) in [6.07, 6.45) is 9.18. The first-order valence-electron chi connectivity index (χ1n) is 10.1. The van der Waals surface area contributed by atoms with E-state index in [2.05, 4.69) is 15.2 Å². The van der Waals surface area contributed by atoms with Crippen molar-refractivity contribution in [2.24, 2.45) is 0 Å². The standard InChI is InChI=1S/C23H26N4O2/c1-27(15-21-19-6-4-3-5-7-20(19)25-26-21)23(28)17-10-8-16(9-11-17)18-12-13-24-14-22(18)29-2/h8-14H,3-7,15H2,1-2H3,(H,25,26). The van der Waals surface area contributed by atoms with E-state index in [0.29, 0.717) is 17.9 Å². The lowest BCUT2D eigenvalue weighted by molar-refractivity contribution is 0.0783. The predicted octanol–water partition coefficient (Wildman–Crippen LogP) is 4.02. The number of H-pyrrole nitrogens is 1. The lowest BCUT2D eigenvalue weighted by Gasteiger charge is -2.17. The first kappa shape index (κ1) is 19.2. The molecule has 1 aliphatic carbocycles. The number of aryl methyl sites for hydroxylation is 1. The number of methoxy groups -OCH3 is 1. The van der Waals surface area contributed by atoms with Gasteiger partial charge in [0.1, 0.15) is 5.75 Å². The summed E-state index contributed by atoms with van der Waals surface area (Å²) in [5, 5.41) is 7.67. The van der Waals surface area contributed by atoms with Gasteiger partial charge < -0.3 is 9.64 Å². The fraction of sp³-hybridized carbons (Fsp3) is 0.348. The molecule has 29 heavy (non-hydrogen) atoms. The average Bonchev–Trinajstić information content (AvgIpc) is 2.98. The Morgan fingerprint density at radius 1 is 1.14 bits per heavy atom. The third-order valence-electron chi connectivity index (χ3n) is 5.57. The van der Waals surface area contributed by atoms with Crippen LogP contribution in [-0.2, 0) is 19.4 Å². The van der Waals surface area contributed by atoms with Crippen molar-refractivity contribution < 1.29 is 9.53 Å². The third-order valence-corrected chi connectivity index (χ3v) is 5.57. The van der Waals surface area contributed by atoms with Crippen molar-refractivity contribution in [1.29, 1.82) is 0 Å². The second-order valence-corrected chi connectivity index (χ2v) is 7.50. The van der Waals surface area contributed by atoms with Gasteiger partial charge in [-0.3, -0.25) is 14.9 Å². The van der Waals surface area contributed by atoms with E-state index in [1.165, 1.54) is 30.5 Å². The normalized spacial score (nSPS) is 13.4. The number of hydrogen-bond donors (Lipinski definition) is 1. The summed E-state index contributed by atoms with van der Waals surface area (Å²) in [7, 11) is 3.46. The Morgan fingerprint density at radius 3 is 2.72 bits per heavy atom. The number of ether oxygens (including phenoxy) is 1. The van der Waals surface area contributed by atoms with Gasteiger partial charge in [0.15, 0.2) is 0 Å². The zero-order valence-electron chi connectivity index (χ0n) is 16.9. The number of benzene rings is 1. The van der Waals surface area contributed by atoms with Gasteiger partial charge in [-0.15, -0.1) is 0 Å². The highest BCUT2D eigenvalue weighted by Crippen LogP contribution is 2.29. The number of amides is 1. The summed E-state index contributed by atoms with van der Waals surface area (Å²) in [6, 6.07) is 9.52. The number of fused-ring (bicyclic) bond motifs is 1. The summed E-state index contributed by atoms with van der Waals surface area (Å²) < 4.78 is 5.38. The Bertz CT molecular complexity index is 994. The number of nitrogens with zero attached hydrogens (tertiary/aromatic N) is 3. The molecule has 2 aromatic heterocycles. The fourth-order valence-electron chi connectivity index (χ4n) is 3.95. The van der Waals surface area contributed by atoms with Crippen molar-refractivity contribution in [3.05, 3.63) is 65.2 Å². The molecule has 6 heteroatoms. The number of rotatable bonds is 5. The maximum absolute atomic E-state index is 12.9. The minimum absolute atomic E-state index is 0.0105. The molecular weight excluding hydrogens is 364 g/mol. The van der Waals surface area contributed by atoms with E-state index < -0.39 is 0 Å². The van der Waals surface area contributed by atoms with E-state index in [9.17, 15) is 4.79 Å². The maximum Gasteiger partial charge on any atom is 0.253 e. The van der Waals surface area contributed by atoms with Crippen molar-refractivity contribution in [2.45, 2.75) is 38.6 Å². The first-order chi connectivity index (χ1) is 14.2. The number of nitrogens with one attached hydrogen (secondary N) is 1. The molecule has 0 aliphatic heterocycles. The second-order valence-electron chi connectivity index (χ2n) is 7.50. The van der Waals surface area contributed by atoms with Crippen LogP contribution in [0.3, 0.4) is 0 Å². The Kier molecular flexibility index (Phi) is 5.60. The Morgan fingerprint density at radius 2 is 1.93 bits per heavy atom. The van der Waals surface area contributed by atoms with Gasteiger partial charge in [-0.1, -0.05) is 18.6 Å². The summed E-state index contributed by atoms with van der Waals surface area (Å²) in [6.45, 7) is 0.518. The van der Waals surface area contributed by atoms with Gasteiger partial charge in [-0.25, -0.2) is 0 Å². The molecule has 1 aliphatic rings. The highest BCUT2D eigenvalue weighted by atomic mass is 16.5. The Labute approximate surface area is 170 Å². The van der Waals surface area contributed by atoms with Crippen molar-refractivity contribution in [1.82, 2.24) is 20.1 Å². The number of carbonyl (C=O) groups is 1. The van der Waals surface area contributed by atoms with Crippen LogP contribution < -0.4 is 4.74 Å². The molecule has 1 N–H and O–H groups in total. The van der Waals surface area contributed by atoms with Crippen LogP contribution in [0.1, 0.15) is 46.6 Å². The van der Waals surface area contributed by atoms with E-state index in [-0.39, 0.29) is 5.91 Å². The van der Waals surface area contributed by atoms with Crippen molar-refractivity contribution >= 4 is 5.91 Å². The lowest BCUT2D eigenvalue weighted by Crippen LogP contribution is -2.26. The van der Waals surface area contributed by atoms with Crippen molar-refractivity contribution in [3.63, 3.8) is 0 Å². The van der Waals surface area contributed by atoms with Gasteiger partial charge in [0.25, 0.3) is 5.91 Å². The van der Waals surface area contributed by atoms with Gasteiger partial charge in [-0.2, -0.15) is 5.10 Å². The van der Waals surface area contributed by atoms with Gasteiger partial charge >= 0.3 is 0 Å². The fourth-order valence-corrected chi connectivity index (χ4v) is 3.95. The molecule has 0 saturated carbocycles. The molecule has 0 bridgehead atoms. The molecule has 0 saturated heterocycles. The molecule has 6 nitrogen and oxygen atoms in total.